The molecule has 122 valence electrons. The van der Waals surface area contributed by atoms with Crippen LogP contribution in [-0.4, -0.2) is 51.9 Å². The van der Waals surface area contributed by atoms with Gasteiger partial charge < -0.3 is 10.5 Å². The molecule has 2 aliphatic rings. The summed E-state index contributed by atoms with van der Waals surface area (Å²) in [6.07, 6.45) is 1.02. The maximum Gasteiger partial charge on any atom is 0.186 e. The quantitative estimate of drug-likeness (QED) is 0.847. The standard InChI is InChI=1S/C15H21BrN2O3S/c1-18-7-10(6-17)4-14(18)11-2-3-15(13(16)5-11)22(19,20)12-8-21-9-12/h2-3,5,10,12,14H,4,6-9,17H2,1H3. The molecule has 0 aromatic heterocycles. The zero-order valence-electron chi connectivity index (χ0n) is 12.5. The maximum absolute atomic E-state index is 12.5. The van der Waals surface area contributed by atoms with Crippen LogP contribution in [0.15, 0.2) is 27.6 Å². The molecule has 2 saturated heterocycles. The molecule has 5 nitrogen and oxygen atoms in total. The highest BCUT2D eigenvalue weighted by Crippen LogP contribution is 2.37. The topological polar surface area (TPSA) is 72.6 Å². The van der Waals surface area contributed by atoms with Crippen LogP contribution < -0.4 is 5.73 Å². The van der Waals surface area contributed by atoms with E-state index in [0.717, 1.165) is 18.5 Å². The average Bonchev–Trinajstić information content (AvgIpc) is 2.77. The van der Waals surface area contributed by atoms with Crippen molar-refractivity contribution in [1.82, 2.24) is 4.90 Å². The van der Waals surface area contributed by atoms with E-state index >= 15 is 0 Å². The molecule has 0 radical (unpaired) electrons. The van der Waals surface area contributed by atoms with Crippen LogP contribution in [0.1, 0.15) is 18.0 Å². The molecule has 3 rings (SSSR count). The summed E-state index contributed by atoms with van der Waals surface area (Å²) in [5.74, 6) is 0.504. The Balaban J connectivity index is 1.87. The van der Waals surface area contributed by atoms with Crippen LogP contribution >= 0.6 is 15.9 Å². The third kappa shape index (κ3) is 2.85. The fraction of sp³-hybridized carbons (Fsp3) is 0.600. The number of hydrogen-bond donors (Lipinski definition) is 1. The Morgan fingerprint density at radius 2 is 2.14 bits per heavy atom. The Labute approximate surface area is 139 Å². The van der Waals surface area contributed by atoms with Crippen molar-refractivity contribution in [1.29, 1.82) is 0 Å². The summed E-state index contributed by atoms with van der Waals surface area (Å²) in [7, 11) is -1.22. The van der Waals surface area contributed by atoms with Crippen molar-refractivity contribution in [3.8, 4) is 0 Å². The Morgan fingerprint density at radius 1 is 1.41 bits per heavy atom. The first-order valence-electron chi connectivity index (χ1n) is 7.45. The van der Waals surface area contributed by atoms with Gasteiger partial charge in [0.05, 0.1) is 18.1 Å². The van der Waals surface area contributed by atoms with Gasteiger partial charge in [0, 0.05) is 17.1 Å². The van der Waals surface area contributed by atoms with E-state index in [1.165, 1.54) is 0 Å². The Hall–Kier alpha value is -0.470. The minimum atomic E-state index is -3.31. The second kappa shape index (κ2) is 6.20. The Bertz CT molecular complexity index is 661. The number of sulfone groups is 1. The molecular formula is C15H21BrN2O3S. The van der Waals surface area contributed by atoms with Crippen LogP contribution in [0.4, 0.5) is 0 Å². The van der Waals surface area contributed by atoms with Gasteiger partial charge in [0.25, 0.3) is 0 Å². The SMILES string of the molecule is CN1CC(CN)CC1c1ccc(S(=O)(=O)C2COC2)c(Br)c1. The van der Waals surface area contributed by atoms with Gasteiger partial charge in [0.1, 0.15) is 5.25 Å². The van der Waals surface area contributed by atoms with Crippen LogP contribution in [0.2, 0.25) is 0 Å². The number of ether oxygens (including phenoxy) is 1. The molecule has 0 bridgehead atoms. The van der Waals surface area contributed by atoms with Gasteiger partial charge in [-0.05, 0) is 59.6 Å². The predicted molar refractivity (Wildman–Crippen MR) is 88.5 cm³/mol. The fourth-order valence-electron chi connectivity index (χ4n) is 3.19. The number of rotatable bonds is 4. The van der Waals surface area contributed by atoms with Crippen molar-refractivity contribution in [3.05, 3.63) is 28.2 Å². The average molecular weight is 389 g/mol. The van der Waals surface area contributed by atoms with Crippen LogP contribution in [0.5, 0.6) is 0 Å². The molecule has 2 atom stereocenters. The van der Waals surface area contributed by atoms with Crippen molar-refractivity contribution in [2.24, 2.45) is 11.7 Å². The number of benzene rings is 1. The Kier molecular flexibility index (Phi) is 4.62. The highest BCUT2D eigenvalue weighted by molar-refractivity contribution is 9.10. The van der Waals surface area contributed by atoms with Gasteiger partial charge >= 0.3 is 0 Å². The highest BCUT2D eigenvalue weighted by atomic mass is 79.9. The molecule has 2 fully saturated rings. The minimum absolute atomic E-state index is 0.292. The summed E-state index contributed by atoms with van der Waals surface area (Å²) >= 11 is 3.44. The molecule has 22 heavy (non-hydrogen) atoms. The fourth-order valence-corrected chi connectivity index (χ4v) is 5.77. The lowest BCUT2D eigenvalue weighted by Crippen LogP contribution is -2.40. The van der Waals surface area contributed by atoms with E-state index in [1.807, 2.05) is 12.1 Å². The van der Waals surface area contributed by atoms with Crippen molar-refractivity contribution >= 4 is 25.8 Å². The molecular weight excluding hydrogens is 368 g/mol. The predicted octanol–water partition coefficient (Wildman–Crippen LogP) is 1.57. The number of nitrogens with two attached hydrogens (primary N) is 1. The van der Waals surface area contributed by atoms with E-state index in [1.54, 1.807) is 6.07 Å². The molecule has 0 spiro atoms. The van der Waals surface area contributed by atoms with Gasteiger partial charge in [-0.25, -0.2) is 8.42 Å². The van der Waals surface area contributed by atoms with Crippen molar-refractivity contribution < 1.29 is 13.2 Å². The summed E-state index contributed by atoms with van der Waals surface area (Å²) in [6.45, 7) is 2.26. The van der Waals surface area contributed by atoms with Gasteiger partial charge in [0.15, 0.2) is 9.84 Å². The van der Waals surface area contributed by atoms with E-state index in [-0.39, 0.29) is 0 Å². The molecule has 0 amide bonds. The number of nitrogens with zero attached hydrogens (tertiary/aromatic N) is 1. The lowest BCUT2D eigenvalue weighted by Gasteiger charge is -2.26. The largest absolute Gasteiger partial charge is 0.379 e. The van der Waals surface area contributed by atoms with Crippen molar-refractivity contribution in [3.63, 3.8) is 0 Å². The normalized spacial score (nSPS) is 27.0. The van der Waals surface area contributed by atoms with Crippen LogP contribution in [0, 0.1) is 5.92 Å². The minimum Gasteiger partial charge on any atom is -0.379 e. The second-order valence-corrected chi connectivity index (χ2v) is 9.24. The number of hydrogen-bond acceptors (Lipinski definition) is 5. The first kappa shape index (κ1) is 16.4. The van der Waals surface area contributed by atoms with Crippen molar-refractivity contribution in [2.45, 2.75) is 22.6 Å². The summed E-state index contributed by atoms with van der Waals surface area (Å²) in [4.78, 5) is 2.65. The molecule has 1 aromatic rings. The molecule has 0 saturated carbocycles. The zero-order chi connectivity index (χ0) is 15.9. The molecule has 2 heterocycles. The van der Waals surface area contributed by atoms with Crippen LogP contribution in [-0.2, 0) is 14.6 Å². The second-order valence-electron chi connectivity index (χ2n) is 6.19. The van der Waals surface area contributed by atoms with Crippen molar-refractivity contribution in [2.75, 3.05) is 33.4 Å². The van der Waals surface area contributed by atoms with E-state index in [0.29, 0.717) is 41.1 Å². The molecule has 0 aliphatic carbocycles. The monoisotopic (exact) mass is 388 g/mol. The summed E-state index contributed by atoms with van der Waals surface area (Å²) in [5.41, 5.74) is 6.91. The van der Waals surface area contributed by atoms with Crippen LogP contribution in [0.25, 0.3) is 0 Å². The van der Waals surface area contributed by atoms with E-state index < -0.39 is 15.1 Å². The lowest BCUT2D eigenvalue weighted by molar-refractivity contribution is 0.0416. The first-order chi connectivity index (χ1) is 10.4. The van der Waals surface area contributed by atoms with E-state index in [4.69, 9.17) is 10.5 Å². The maximum atomic E-state index is 12.5. The third-order valence-electron chi connectivity index (χ3n) is 4.66. The first-order valence-corrected chi connectivity index (χ1v) is 9.78. The van der Waals surface area contributed by atoms with Gasteiger partial charge in [0.2, 0.25) is 0 Å². The van der Waals surface area contributed by atoms with E-state index in [2.05, 4.69) is 27.9 Å². The molecule has 2 N–H and O–H groups in total. The van der Waals surface area contributed by atoms with Gasteiger partial charge in [-0.1, -0.05) is 6.07 Å². The number of likely N-dealkylation sites (tertiary alicyclic amines) is 1. The molecule has 7 heteroatoms. The van der Waals surface area contributed by atoms with Gasteiger partial charge in [-0.2, -0.15) is 0 Å². The molecule has 2 aliphatic heterocycles. The third-order valence-corrected chi connectivity index (χ3v) is 7.70. The molecule has 1 aromatic carbocycles. The summed E-state index contributed by atoms with van der Waals surface area (Å²) < 4.78 is 30.6. The van der Waals surface area contributed by atoms with Crippen LogP contribution in [0.3, 0.4) is 0 Å². The summed E-state index contributed by atoms with van der Waals surface area (Å²) in [6, 6.07) is 5.88. The lowest BCUT2D eigenvalue weighted by atomic mass is 10.00. The van der Waals surface area contributed by atoms with Gasteiger partial charge in [-0.15, -0.1) is 0 Å². The highest BCUT2D eigenvalue weighted by Gasteiger charge is 2.36. The smallest absolute Gasteiger partial charge is 0.186 e. The van der Waals surface area contributed by atoms with Gasteiger partial charge in [-0.3, -0.25) is 4.90 Å². The van der Waals surface area contributed by atoms with E-state index in [9.17, 15) is 8.42 Å². The summed E-state index contributed by atoms with van der Waals surface area (Å²) in [5, 5.41) is -0.412. The molecule has 2 unspecified atom stereocenters. The zero-order valence-corrected chi connectivity index (χ0v) is 14.9. The number of halogens is 1. The Morgan fingerprint density at radius 3 is 2.64 bits per heavy atom.